The Morgan fingerprint density at radius 1 is 1.15 bits per heavy atom. The van der Waals surface area contributed by atoms with Crippen LogP contribution in [0.15, 0.2) is 18.2 Å². The van der Waals surface area contributed by atoms with Crippen molar-refractivity contribution < 1.29 is 18.3 Å². The molecule has 1 heterocycles. The van der Waals surface area contributed by atoms with Crippen LogP contribution in [-0.4, -0.2) is 30.0 Å². The zero-order chi connectivity index (χ0) is 18.7. The molecule has 26 heavy (non-hydrogen) atoms. The average molecular weight is 365 g/mol. The Morgan fingerprint density at radius 3 is 2.42 bits per heavy atom. The summed E-state index contributed by atoms with van der Waals surface area (Å²) in [5.74, 6) is -0.454. The van der Waals surface area contributed by atoms with Gasteiger partial charge in [0.1, 0.15) is 11.9 Å². The summed E-state index contributed by atoms with van der Waals surface area (Å²) in [6.45, 7) is 5.90. The molecule has 2 fully saturated rings. The van der Waals surface area contributed by atoms with Gasteiger partial charge in [-0.25, -0.2) is 8.78 Å². The molecule has 1 saturated heterocycles. The molecule has 3 rings (SSSR count). The van der Waals surface area contributed by atoms with Crippen molar-refractivity contribution in [1.82, 2.24) is 4.90 Å². The maximum absolute atomic E-state index is 13.7. The minimum absolute atomic E-state index is 0.0843. The fraction of sp³-hybridized carbons (Fsp3) is 0.667. The molecule has 3 nitrogen and oxygen atoms in total. The number of hydrogen-bond acceptors (Lipinski definition) is 2. The van der Waals surface area contributed by atoms with Gasteiger partial charge < -0.3 is 9.64 Å². The lowest BCUT2D eigenvalue weighted by atomic mass is 9.72. The highest BCUT2D eigenvalue weighted by atomic mass is 19.1. The van der Waals surface area contributed by atoms with Crippen molar-refractivity contribution in [3.63, 3.8) is 0 Å². The molecule has 2 aliphatic rings. The largest absolute Gasteiger partial charge is 0.487 e. The Morgan fingerprint density at radius 2 is 1.81 bits per heavy atom. The number of amides is 1. The first-order valence-corrected chi connectivity index (χ1v) is 9.72. The maximum Gasteiger partial charge on any atom is 0.222 e. The van der Waals surface area contributed by atoms with E-state index >= 15 is 0 Å². The van der Waals surface area contributed by atoms with E-state index in [-0.39, 0.29) is 17.8 Å². The SMILES string of the molecule is CC1(C)CCC(CC(=O)N2CCC(Oc3ccc(F)cc3F)CC2)CC1. The second-order valence-electron chi connectivity index (χ2n) is 8.58. The van der Waals surface area contributed by atoms with E-state index in [1.54, 1.807) is 0 Å². The molecule has 1 aliphatic heterocycles. The van der Waals surface area contributed by atoms with Crippen molar-refractivity contribution in [3.05, 3.63) is 29.8 Å². The summed E-state index contributed by atoms with van der Waals surface area (Å²) in [5.41, 5.74) is 0.421. The summed E-state index contributed by atoms with van der Waals surface area (Å²) in [6.07, 6.45) is 6.56. The van der Waals surface area contributed by atoms with Gasteiger partial charge in [-0.3, -0.25) is 4.79 Å². The van der Waals surface area contributed by atoms with Crippen LogP contribution in [0.5, 0.6) is 5.75 Å². The number of piperidine rings is 1. The van der Waals surface area contributed by atoms with Crippen LogP contribution in [0.25, 0.3) is 0 Å². The van der Waals surface area contributed by atoms with Crippen LogP contribution < -0.4 is 4.74 Å². The summed E-state index contributed by atoms with van der Waals surface area (Å²) in [4.78, 5) is 14.5. The smallest absolute Gasteiger partial charge is 0.222 e. The molecule has 0 aromatic heterocycles. The molecular formula is C21H29F2NO2. The zero-order valence-electron chi connectivity index (χ0n) is 15.8. The van der Waals surface area contributed by atoms with Crippen molar-refractivity contribution in [2.75, 3.05) is 13.1 Å². The normalized spacial score (nSPS) is 21.6. The average Bonchev–Trinajstić information content (AvgIpc) is 2.60. The van der Waals surface area contributed by atoms with E-state index in [4.69, 9.17) is 4.74 Å². The highest BCUT2D eigenvalue weighted by Crippen LogP contribution is 2.39. The van der Waals surface area contributed by atoms with Gasteiger partial charge in [0.15, 0.2) is 11.6 Å². The monoisotopic (exact) mass is 365 g/mol. The molecule has 144 valence electrons. The number of halogens is 2. The lowest BCUT2D eigenvalue weighted by Gasteiger charge is -2.36. The molecule has 0 bridgehead atoms. The Bertz CT molecular complexity index is 629. The van der Waals surface area contributed by atoms with Crippen LogP contribution >= 0.6 is 0 Å². The number of hydrogen-bond donors (Lipinski definition) is 0. The Balaban J connectivity index is 1.44. The van der Waals surface area contributed by atoms with Crippen molar-refractivity contribution in [2.45, 2.75) is 64.9 Å². The molecule has 0 N–H and O–H groups in total. The third-order valence-electron chi connectivity index (χ3n) is 5.90. The molecule has 1 aromatic rings. The number of rotatable bonds is 4. The van der Waals surface area contributed by atoms with E-state index in [9.17, 15) is 13.6 Å². The molecule has 1 saturated carbocycles. The van der Waals surface area contributed by atoms with E-state index in [1.165, 1.54) is 25.0 Å². The van der Waals surface area contributed by atoms with Crippen molar-refractivity contribution >= 4 is 5.91 Å². The fourth-order valence-electron chi connectivity index (χ4n) is 4.01. The van der Waals surface area contributed by atoms with Gasteiger partial charge in [-0.05, 0) is 49.1 Å². The maximum atomic E-state index is 13.7. The highest BCUT2D eigenvalue weighted by Gasteiger charge is 2.30. The lowest BCUT2D eigenvalue weighted by Crippen LogP contribution is -2.42. The standard InChI is InChI=1S/C21H29F2NO2/c1-21(2)9-5-15(6-10-21)13-20(25)24-11-7-17(8-12-24)26-19-4-3-16(22)14-18(19)23/h3-4,14-15,17H,5-13H2,1-2H3. The third kappa shape index (κ3) is 4.95. The van der Waals surface area contributed by atoms with Crippen LogP contribution in [0.2, 0.25) is 0 Å². The van der Waals surface area contributed by atoms with Gasteiger partial charge in [0.05, 0.1) is 0 Å². The second kappa shape index (κ2) is 7.93. The van der Waals surface area contributed by atoms with E-state index in [2.05, 4.69) is 13.8 Å². The number of carbonyl (C=O) groups is 1. The molecular weight excluding hydrogens is 336 g/mol. The highest BCUT2D eigenvalue weighted by molar-refractivity contribution is 5.76. The molecule has 1 aliphatic carbocycles. The van der Waals surface area contributed by atoms with Gasteiger partial charge in [0, 0.05) is 38.4 Å². The first-order chi connectivity index (χ1) is 12.3. The number of ether oxygens (including phenoxy) is 1. The summed E-state index contributed by atoms with van der Waals surface area (Å²) < 4.78 is 32.3. The lowest BCUT2D eigenvalue weighted by molar-refractivity contribution is -0.134. The van der Waals surface area contributed by atoms with E-state index in [0.717, 1.165) is 18.9 Å². The van der Waals surface area contributed by atoms with Gasteiger partial charge in [-0.1, -0.05) is 13.8 Å². The third-order valence-corrected chi connectivity index (χ3v) is 5.90. The molecule has 0 radical (unpaired) electrons. The number of benzene rings is 1. The Hall–Kier alpha value is -1.65. The van der Waals surface area contributed by atoms with Crippen molar-refractivity contribution in [1.29, 1.82) is 0 Å². The number of likely N-dealkylation sites (tertiary alicyclic amines) is 1. The van der Waals surface area contributed by atoms with Gasteiger partial charge in [0.25, 0.3) is 0 Å². The van der Waals surface area contributed by atoms with Crippen LogP contribution in [-0.2, 0) is 4.79 Å². The van der Waals surface area contributed by atoms with E-state index in [0.29, 0.717) is 43.7 Å². The minimum Gasteiger partial charge on any atom is -0.487 e. The van der Waals surface area contributed by atoms with Crippen molar-refractivity contribution in [3.8, 4) is 5.75 Å². The summed E-state index contributed by atoms with van der Waals surface area (Å²) in [5, 5.41) is 0. The first kappa shape index (κ1) is 19.1. The molecule has 0 atom stereocenters. The van der Waals surface area contributed by atoms with E-state index < -0.39 is 11.6 Å². The predicted molar refractivity (Wildman–Crippen MR) is 96.9 cm³/mol. The topological polar surface area (TPSA) is 29.5 Å². The number of nitrogens with zero attached hydrogens (tertiary/aromatic N) is 1. The Kier molecular flexibility index (Phi) is 5.83. The number of carbonyl (C=O) groups excluding carboxylic acids is 1. The molecule has 0 unspecified atom stereocenters. The van der Waals surface area contributed by atoms with Gasteiger partial charge in [-0.2, -0.15) is 0 Å². The summed E-state index contributed by atoms with van der Waals surface area (Å²) in [7, 11) is 0. The molecule has 1 aromatic carbocycles. The van der Waals surface area contributed by atoms with Crippen LogP contribution in [0.1, 0.15) is 58.8 Å². The zero-order valence-corrected chi connectivity index (χ0v) is 15.8. The van der Waals surface area contributed by atoms with Gasteiger partial charge in [0.2, 0.25) is 5.91 Å². The predicted octanol–water partition coefficient (Wildman–Crippen LogP) is 4.94. The quantitative estimate of drug-likeness (QED) is 0.756. The molecule has 0 spiro atoms. The summed E-state index contributed by atoms with van der Waals surface area (Å²) in [6, 6.07) is 3.36. The van der Waals surface area contributed by atoms with Crippen molar-refractivity contribution in [2.24, 2.45) is 11.3 Å². The Labute approximate surface area is 154 Å². The van der Waals surface area contributed by atoms with Crippen LogP contribution in [0.3, 0.4) is 0 Å². The fourth-order valence-corrected chi connectivity index (χ4v) is 4.01. The second-order valence-corrected chi connectivity index (χ2v) is 8.58. The summed E-state index contributed by atoms with van der Waals surface area (Å²) >= 11 is 0. The van der Waals surface area contributed by atoms with E-state index in [1.807, 2.05) is 4.90 Å². The molecule has 1 amide bonds. The van der Waals surface area contributed by atoms with Crippen LogP contribution in [0.4, 0.5) is 8.78 Å². The van der Waals surface area contributed by atoms with Crippen LogP contribution in [0, 0.1) is 23.0 Å². The van der Waals surface area contributed by atoms with Gasteiger partial charge in [-0.15, -0.1) is 0 Å². The minimum atomic E-state index is -0.677. The molecule has 5 heteroatoms. The van der Waals surface area contributed by atoms with Gasteiger partial charge >= 0.3 is 0 Å². The first-order valence-electron chi connectivity index (χ1n) is 9.72.